The van der Waals surface area contributed by atoms with Crippen molar-refractivity contribution in [1.82, 2.24) is 4.98 Å². The first-order valence-electron chi connectivity index (χ1n) is 7.71. The fraction of sp³-hybridized carbons (Fsp3) is 0.158. The SMILES string of the molecule is COc1cc(Br)c(C=C(CC(=O)O)c2nc3ccccc3s2)cc1OC. The molecule has 0 unspecified atom stereocenters. The number of halogens is 1. The Kier molecular flexibility index (Phi) is 5.58. The maximum Gasteiger partial charge on any atom is 0.307 e. The smallest absolute Gasteiger partial charge is 0.307 e. The van der Waals surface area contributed by atoms with E-state index in [0.717, 1.165) is 20.3 Å². The Labute approximate surface area is 163 Å². The van der Waals surface area contributed by atoms with E-state index in [1.807, 2.05) is 30.3 Å². The Morgan fingerprint density at radius 3 is 2.58 bits per heavy atom. The zero-order chi connectivity index (χ0) is 18.7. The quantitative estimate of drug-likeness (QED) is 0.585. The van der Waals surface area contributed by atoms with Crippen LogP contribution in [0.1, 0.15) is 17.0 Å². The lowest BCUT2D eigenvalue weighted by Crippen LogP contribution is -1.97. The number of fused-ring (bicyclic) bond motifs is 1. The fourth-order valence-corrected chi connectivity index (χ4v) is 3.95. The molecule has 0 radical (unpaired) electrons. The lowest BCUT2D eigenvalue weighted by Gasteiger charge is -2.11. The number of thiazole rings is 1. The Balaban J connectivity index is 2.12. The van der Waals surface area contributed by atoms with Crippen molar-refractivity contribution in [2.45, 2.75) is 6.42 Å². The van der Waals surface area contributed by atoms with Gasteiger partial charge in [0, 0.05) is 4.47 Å². The van der Waals surface area contributed by atoms with E-state index in [4.69, 9.17) is 9.47 Å². The summed E-state index contributed by atoms with van der Waals surface area (Å²) >= 11 is 4.98. The van der Waals surface area contributed by atoms with Gasteiger partial charge in [0.15, 0.2) is 11.5 Å². The van der Waals surface area contributed by atoms with Crippen LogP contribution in [0.15, 0.2) is 40.9 Å². The van der Waals surface area contributed by atoms with Crippen LogP contribution in [0.2, 0.25) is 0 Å². The van der Waals surface area contributed by atoms with Gasteiger partial charge in [-0.15, -0.1) is 11.3 Å². The van der Waals surface area contributed by atoms with Crippen molar-refractivity contribution < 1.29 is 19.4 Å². The van der Waals surface area contributed by atoms with E-state index in [1.165, 1.54) is 11.3 Å². The largest absolute Gasteiger partial charge is 0.493 e. The van der Waals surface area contributed by atoms with Gasteiger partial charge >= 0.3 is 5.97 Å². The van der Waals surface area contributed by atoms with Crippen molar-refractivity contribution >= 4 is 55.1 Å². The average Bonchev–Trinajstić information content (AvgIpc) is 3.06. The molecule has 3 aromatic rings. The van der Waals surface area contributed by atoms with Crippen LogP contribution in [0.25, 0.3) is 21.9 Å². The number of aromatic nitrogens is 1. The molecule has 0 bridgehead atoms. The normalized spacial score (nSPS) is 11.6. The van der Waals surface area contributed by atoms with Crippen LogP contribution in [-0.2, 0) is 4.79 Å². The predicted molar refractivity (Wildman–Crippen MR) is 107 cm³/mol. The summed E-state index contributed by atoms with van der Waals surface area (Å²) < 4.78 is 12.4. The number of carboxylic acids is 1. The Morgan fingerprint density at radius 2 is 1.92 bits per heavy atom. The second kappa shape index (κ2) is 7.88. The Bertz CT molecular complexity index is 963. The van der Waals surface area contributed by atoms with Crippen molar-refractivity contribution in [1.29, 1.82) is 0 Å². The highest BCUT2D eigenvalue weighted by Crippen LogP contribution is 2.36. The molecular formula is C19H16BrNO4S. The minimum Gasteiger partial charge on any atom is -0.493 e. The zero-order valence-electron chi connectivity index (χ0n) is 14.2. The van der Waals surface area contributed by atoms with Crippen LogP contribution in [0.4, 0.5) is 0 Å². The number of aliphatic carboxylic acids is 1. The number of hydrogen-bond acceptors (Lipinski definition) is 5. The molecule has 0 aliphatic carbocycles. The highest BCUT2D eigenvalue weighted by molar-refractivity contribution is 9.10. The van der Waals surface area contributed by atoms with Crippen LogP contribution in [0.3, 0.4) is 0 Å². The van der Waals surface area contributed by atoms with Crippen molar-refractivity contribution in [3.8, 4) is 11.5 Å². The minimum atomic E-state index is -0.910. The summed E-state index contributed by atoms with van der Waals surface area (Å²) in [7, 11) is 3.13. The third kappa shape index (κ3) is 3.89. The fourth-order valence-electron chi connectivity index (χ4n) is 2.53. The summed E-state index contributed by atoms with van der Waals surface area (Å²) in [5.74, 6) is 0.254. The predicted octanol–water partition coefficient (Wildman–Crippen LogP) is 5.09. The number of nitrogens with zero attached hydrogens (tertiary/aromatic N) is 1. The lowest BCUT2D eigenvalue weighted by atomic mass is 10.1. The molecule has 5 nitrogen and oxygen atoms in total. The van der Waals surface area contributed by atoms with Crippen molar-refractivity contribution in [2.24, 2.45) is 0 Å². The first-order chi connectivity index (χ1) is 12.5. The molecule has 0 atom stereocenters. The van der Waals surface area contributed by atoms with Gasteiger partial charge in [-0.05, 0) is 41.5 Å². The maximum absolute atomic E-state index is 11.4. The molecule has 0 aliphatic heterocycles. The molecule has 3 rings (SSSR count). The third-order valence-electron chi connectivity index (χ3n) is 3.74. The minimum absolute atomic E-state index is 0.124. The van der Waals surface area contributed by atoms with Crippen LogP contribution in [0, 0.1) is 0 Å². The number of para-hydroxylation sites is 1. The molecule has 1 heterocycles. The van der Waals surface area contributed by atoms with Crippen LogP contribution >= 0.6 is 27.3 Å². The molecule has 0 spiro atoms. The number of carboxylic acid groups (broad SMARTS) is 1. The second-order valence-electron chi connectivity index (χ2n) is 5.46. The van der Waals surface area contributed by atoms with Gasteiger partial charge in [-0.3, -0.25) is 4.79 Å². The van der Waals surface area contributed by atoms with Gasteiger partial charge < -0.3 is 14.6 Å². The third-order valence-corrected chi connectivity index (χ3v) is 5.54. The molecule has 0 saturated carbocycles. The van der Waals surface area contributed by atoms with E-state index in [0.29, 0.717) is 22.1 Å². The monoisotopic (exact) mass is 433 g/mol. The summed E-state index contributed by atoms with van der Waals surface area (Å²) in [5, 5.41) is 10.0. The number of ether oxygens (including phenoxy) is 2. The summed E-state index contributed by atoms with van der Waals surface area (Å²) in [6.45, 7) is 0. The van der Waals surface area contributed by atoms with Crippen molar-refractivity contribution in [2.75, 3.05) is 14.2 Å². The van der Waals surface area contributed by atoms with E-state index in [1.54, 1.807) is 26.4 Å². The van der Waals surface area contributed by atoms with E-state index in [-0.39, 0.29) is 6.42 Å². The van der Waals surface area contributed by atoms with Gasteiger partial charge in [0.2, 0.25) is 0 Å². The molecule has 0 aliphatic rings. The van der Waals surface area contributed by atoms with E-state index in [2.05, 4.69) is 20.9 Å². The Hall–Kier alpha value is -2.38. The summed E-state index contributed by atoms with van der Waals surface area (Å²) in [5.41, 5.74) is 2.28. The van der Waals surface area contributed by atoms with Gasteiger partial charge in [0.05, 0.1) is 30.9 Å². The van der Waals surface area contributed by atoms with Crippen LogP contribution in [-0.4, -0.2) is 30.3 Å². The highest BCUT2D eigenvalue weighted by atomic mass is 79.9. The lowest BCUT2D eigenvalue weighted by molar-refractivity contribution is -0.135. The van der Waals surface area contributed by atoms with Gasteiger partial charge in [0.25, 0.3) is 0 Å². The molecule has 1 N–H and O–H groups in total. The van der Waals surface area contributed by atoms with E-state index < -0.39 is 5.97 Å². The van der Waals surface area contributed by atoms with Gasteiger partial charge in [-0.1, -0.05) is 28.1 Å². The number of carbonyl (C=O) groups is 1. The number of rotatable bonds is 6. The first kappa shape index (κ1) is 18.4. The summed E-state index contributed by atoms with van der Waals surface area (Å²) in [6, 6.07) is 11.3. The van der Waals surface area contributed by atoms with Crippen molar-refractivity contribution in [3.05, 3.63) is 51.4 Å². The Morgan fingerprint density at radius 1 is 1.23 bits per heavy atom. The molecule has 26 heavy (non-hydrogen) atoms. The van der Waals surface area contributed by atoms with Crippen molar-refractivity contribution in [3.63, 3.8) is 0 Å². The average molecular weight is 434 g/mol. The standard InChI is InChI=1S/C19H16BrNO4S/c1-24-15-8-11(13(20)10-16(15)25-2)7-12(9-18(22)23)19-21-14-5-3-4-6-17(14)26-19/h3-8,10H,9H2,1-2H3,(H,22,23). The van der Waals surface area contributed by atoms with Crippen LogP contribution < -0.4 is 9.47 Å². The molecule has 7 heteroatoms. The first-order valence-corrected chi connectivity index (χ1v) is 9.32. The zero-order valence-corrected chi connectivity index (χ0v) is 16.6. The van der Waals surface area contributed by atoms with E-state index in [9.17, 15) is 9.90 Å². The molecule has 1 aromatic heterocycles. The number of methoxy groups -OCH3 is 2. The summed E-state index contributed by atoms with van der Waals surface area (Å²) in [4.78, 5) is 16.0. The molecule has 2 aromatic carbocycles. The van der Waals surface area contributed by atoms with Gasteiger partial charge in [-0.2, -0.15) is 0 Å². The maximum atomic E-state index is 11.4. The topological polar surface area (TPSA) is 68.7 Å². The molecule has 0 saturated heterocycles. The summed E-state index contributed by atoms with van der Waals surface area (Å²) in [6.07, 6.45) is 1.69. The highest BCUT2D eigenvalue weighted by Gasteiger charge is 2.15. The van der Waals surface area contributed by atoms with Gasteiger partial charge in [-0.25, -0.2) is 4.98 Å². The molecule has 0 fully saturated rings. The second-order valence-corrected chi connectivity index (χ2v) is 7.34. The number of benzene rings is 2. The molecular weight excluding hydrogens is 418 g/mol. The molecule has 134 valence electrons. The molecule has 0 amide bonds. The van der Waals surface area contributed by atoms with Crippen LogP contribution in [0.5, 0.6) is 11.5 Å². The van der Waals surface area contributed by atoms with E-state index >= 15 is 0 Å². The van der Waals surface area contributed by atoms with Gasteiger partial charge in [0.1, 0.15) is 5.01 Å². The number of hydrogen-bond donors (Lipinski definition) is 1.